The lowest BCUT2D eigenvalue weighted by Crippen LogP contribution is -2.33. The van der Waals surface area contributed by atoms with Crippen molar-refractivity contribution in [2.24, 2.45) is 0 Å². The molecule has 0 spiro atoms. The van der Waals surface area contributed by atoms with E-state index in [0.717, 1.165) is 25.7 Å². The molecule has 1 aliphatic rings. The molecule has 88 valence electrons. The van der Waals surface area contributed by atoms with Gasteiger partial charge in [-0.2, -0.15) is 0 Å². The van der Waals surface area contributed by atoms with E-state index in [1.54, 1.807) is 24.3 Å². The third kappa shape index (κ3) is 2.42. The van der Waals surface area contributed by atoms with Gasteiger partial charge in [-0.05, 0) is 25.0 Å². The number of rotatable bonds is 2. The van der Waals surface area contributed by atoms with E-state index in [1.807, 2.05) is 6.07 Å². The fourth-order valence-corrected chi connectivity index (χ4v) is 6.03. The van der Waals surface area contributed by atoms with Crippen LogP contribution in [0.5, 0.6) is 0 Å². The number of halogens is 1. The molecule has 0 aliphatic heterocycles. The van der Waals surface area contributed by atoms with Gasteiger partial charge in [-0.1, -0.05) is 53.6 Å². The van der Waals surface area contributed by atoms with E-state index in [4.69, 9.17) is 0 Å². The molecule has 2 atom stereocenters. The standard InChI is InChI=1S/C12H15IO2S/c13-11-8-4-5-9-12(11)16(14,15)10-6-2-1-3-7-10/h1-3,6-7,11-12H,4-5,8-9H2/t11-,12-/m1/s1. The summed E-state index contributed by atoms with van der Waals surface area (Å²) in [7, 11) is -3.12. The zero-order chi connectivity index (χ0) is 11.6. The lowest BCUT2D eigenvalue weighted by atomic mass is 10.0. The Kier molecular flexibility index (Phi) is 3.89. The molecule has 4 heteroatoms. The first kappa shape index (κ1) is 12.4. The molecule has 0 unspecified atom stereocenters. The summed E-state index contributed by atoms with van der Waals surface area (Å²) in [5, 5.41) is -0.191. The number of hydrogen-bond acceptors (Lipinski definition) is 2. The van der Waals surface area contributed by atoms with Crippen molar-refractivity contribution in [3.05, 3.63) is 30.3 Å². The quantitative estimate of drug-likeness (QED) is 0.606. The zero-order valence-corrected chi connectivity index (χ0v) is 11.9. The second-order valence-corrected chi connectivity index (χ2v) is 7.96. The van der Waals surface area contributed by atoms with Crippen LogP contribution in [0.3, 0.4) is 0 Å². The summed E-state index contributed by atoms with van der Waals surface area (Å²) in [4.78, 5) is 0.476. The Hall–Kier alpha value is -0.100. The van der Waals surface area contributed by atoms with Gasteiger partial charge in [-0.15, -0.1) is 0 Å². The molecule has 0 N–H and O–H groups in total. The van der Waals surface area contributed by atoms with Gasteiger partial charge in [0.05, 0.1) is 10.1 Å². The first-order valence-corrected chi connectivity index (χ1v) is 8.34. The van der Waals surface area contributed by atoms with E-state index in [1.165, 1.54) is 0 Å². The highest BCUT2D eigenvalue weighted by Crippen LogP contribution is 2.33. The van der Waals surface area contributed by atoms with Gasteiger partial charge in [0.2, 0.25) is 0 Å². The molecular weight excluding hydrogens is 335 g/mol. The number of alkyl halides is 1. The molecule has 0 heterocycles. The van der Waals surface area contributed by atoms with Crippen molar-refractivity contribution in [3.8, 4) is 0 Å². The number of sulfone groups is 1. The average Bonchev–Trinajstić information content (AvgIpc) is 2.30. The van der Waals surface area contributed by atoms with E-state index in [9.17, 15) is 8.42 Å². The van der Waals surface area contributed by atoms with Crippen LogP contribution in [-0.2, 0) is 9.84 Å². The predicted molar refractivity (Wildman–Crippen MR) is 73.7 cm³/mol. The van der Waals surface area contributed by atoms with Crippen molar-refractivity contribution >= 4 is 32.4 Å². The van der Waals surface area contributed by atoms with Crippen molar-refractivity contribution in [1.29, 1.82) is 0 Å². The minimum atomic E-state index is -3.12. The summed E-state index contributed by atoms with van der Waals surface area (Å²) in [6.07, 6.45) is 4.03. The van der Waals surface area contributed by atoms with Crippen LogP contribution in [0.25, 0.3) is 0 Å². The highest BCUT2D eigenvalue weighted by molar-refractivity contribution is 14.1. The predicted octanol–water partition coefficient (Wildman–Crippen LogP) is 3.21. The van der Waals surface area contributed by atoms with E-state index in [0.29, 0.717) is 4.90 Å². The van der Waals surface area contributed by atoms with Gasteiger partial charge < -0.3 is 0 Å². The van der Waals surface area contributed by atoms with Gasteiger partial charge in [0, 0.05) is 3.92 Å². The molecule has 1 aromatic carbocycles. The van der Waals surface area contributed by atoms with Crippen LogP contribution >= 0.6 is 22.6 Å². The van der Waals surface area contributed by atoms with Gasteiger partial charge in [-0.25, -0.2) is 8.42 Å². The Bertz CT molecular complexity index is 441. The molecule has 16 heavy (non-hydrogen) atoms. The normalized spacial score (nSPS) is 26.6. The molecular formula is C12H15IO2S. The maximum Gasteiger partial charge on any atom is 0.182 e. The maximum absolute atomic E-state index is 12.4. The molecule has 0 aromatic heterocycles. The van der Waals surface area contributed by atoms with E-state index in [-0.39, 0.29) is 9.17 Å². The molecule has 0 saturated heterocycles. The van der Waals surface area contributed by atoms with Crippen LogP contribution in [-0.4, -0.2) is 17.6 Å². The largest absolute Gasteiger partial charge is 0.223 e. The summed E-state index contributed by atoms with van der Waals surface area (Å²) in [5.41, 5.74) is 0. The van der Waals surface area contributed by atoms with Gasteiger partial charge in [0.1, 0.15) is 0 Å². The summed E-state index contributed by atoms with van der Waals surface area (Å²) in [6.45, 7) is 0. The summed E-state index contributed by atoms with van der Waals surface area (Å²) in [5.74, 6) is 0. The highest BCUT2D eigenvalue weighted by atomic mass is 127. The topological polar surface area (TPSA) is 34.1 Å². The van der Waals surface area contributed by atoms with Gasteiger partial charge in [0.25, 0.3) is 0 Å². The van der Waals surface area contributed by atoms with Gasteiger partial charge in [0.15, 0.2) is 9.84 Å². The SMILES string of the molecule is O=S(=O)(c1ccccc1)[C@@H]1CCCC[C@H]1I. The zero-order valence-electron chi connectivity index (χ0n) is 8.97. The second kappa shape index (κ2) is 5.04. The van der Waals surface area contributed by atoms with E-state index < -0.39 is 9.84 Å². The van der Waals surface area contributed by atoms with Crippen molar-refractivity contribution in [2.45, 2.75) is 39.8 Å². The Balaban J connectivity index is 2.32. The van der Waals surface area contributed by atoms with Crippen molar-refractivity contribution in [3.63, 3.8) is 0 Å². The summed E-state index contributed by atoms with van der Waals surface area (Å²) in [6, 6.07) is 8.83. The van der Waals surface area contributed by atoms with E-state index >= 15 is 0 Å². The van der Waals surface area contributed by atoms with Crippen LogP contribution in [0, 0.1) is 0 Å². The van der Waals surface area contributed by atoms with Crippen molar-refractivity contribution in [1.82, 2.24) is 0 Å². The molecule has 1 aliphatic carbocycles. The lowest BCUT2D eigenvalue weighted by Gasteiger charge is -2.27. The van der Waals surface area contributed by atoms with Crippen LogP contribution in [0.4, 0.5) is 0 Å². The molecule has 1 saturated carbocycles. The highest BCUT2D eigenvalue weighted by Gasteiger charge is 2.34. The Morgan fingerprint density at radius 2 is 1.69 bits per heavy atom. The lowest BCUT2D eigenvalue weighted by molar-refractivity contribution is 0.502. The first-order chi connectivity index (χ1) is 7.62. The first-order valence-electron chi connectivity index (χ1n) is 5.55. The molecule has 0 radical (unpaired) electrons. The number of benzene rings is 1. The minimum Gasteiger partial charge on any atom is -0.223 e. The molecule has 1 fully saturated rings. The molecule has 1 aromatic rings. The molecule has 0 amide bonds. The van der Waals surface area contributed by atoms with Crippen molar-refractivity contribution in [2.75, 3.05) is 0 Å². The Labute approximate surface area is 111 Å². The molecule has 2 nitrogen and oxygen atoms in total. The molecule has 2 rings (SSSR count). The minimum absolute atomic E-state index is 0.191. The fraction of sp³-hybridized carbons (Fsp3) is 0.500. The van der Waals surface area contributed by atoms with E-state index in [2.05, 4.69) is 22.6 Å². The Morgan fingerprint density at radius 1 is 1.06 bits per heavy atom. The van der Waals surface area contributed by atoms with Crippen LogP contribution in [0.1, 0.15) is 25.7 Å². The summed E-state index contributed by atoms with van der Waals surface area (Å²) < 4.78 is 25.0. The summed E-state index contributed by atoms with van der Waals surface area (Å²) >= 11 is 2.29. The van der Waals surface area contributed by atoms with Crippen LogP contribution in [0.2, 0.25) is 0 Å². The third-order valence-corrected chi connectivity index (χ3v) is 7.36. The maximum atomic E-state index is 12.4. The Morgan fingerprint density at radius 3 is 2.31 bits per heavy atom. The average molecular weight is 350 g/mol. The fourth-order valence-electron chi connectivity index (χ4n) is 2.19. The number of hydrogen-bond donors (Lipinski definition) is 0. The third-order valence-electron chi connectivity index (χ3n) is 3.09. The van der Waals surface area contributed by atoms with Crippen LogP contribution in [0.15, 0.2) is 35.2 Å². The van der Waals surface area contributed by atoms with Gasteiger partial charge >= 0.3 is 0 Å². The second-order valence-electron chi connectivity index (χ2n) is 4.20. The monoisotopic (exact) mass is 350 g/mol. The molecule has 0 bridgehead atoms. The van der Waals surface area contributed by atoms with Crippen molar-refractivity contribution < 1.29 is 8.42 Å². The van der Waals surface area contributed by atoms with Crippen LogP contribution < -0.4 is 0 Å². The smallest absolute Gasteiger partial charge is 0.182 e. The van der Waals surface area contributed by atoms with Gasteiger partial charge in [-0.3, -0.25) is 0 Å².